The molecule has 0 saturated carbocycles. The average molecular weight is 248 g/mol. The van der Waals surface area contributed by atoms with E-state index >= 15 is 0 Å². The van der Waals surface area contributed by atoms with Gasteiger partial charge in [-0.25, -0.2) is 4.79 Å². The lowest BCUT2D eigenvalue weighted by molar-refractivity contribution is 0.00613. The average Bonchev–Trinajstić information content (AvgIpc) is 2.70. The minimum absolute atomic E-state index is 0.0952. The highest BCUT2D eigenvalue weighted by Crippen LogP contribution is 2.22. The number of para-hydroxylation sites is 1. The molecule has 1 atom stereocenters. The summed E-state index contributed by atoms with van der Waals surface area (Å²) in [5.41, 5.74) is 1.04. The Morgan fingerprint density at radius 2 is 2.33 bits per heavy atom. The molecular formula is C13H16N2O3. The van der Waals surface area contributed by atoms with E-state index in [2.05, 4.69) is 4.98 Å². The molecule has 1 aromatic carbocycles. The molecule has 0 aliphatic carbocycles. The molecule has 3 rings (SSSR count). The number of rotatable bonds is 2. The van der Waals surface area contributed by atoms with E-state index in [1.165, 1.54) is 0 Å². The van der Waals surface area contributed by atoms with Crippen LogP contribution in [-0.2, 0) is 11.3 Å². The van der Waals surface area contributed by atoms with Gasteiger partial charge < -0.3 is 14.8 Å². The van der Waals surface area contributed by atoms with E-state index in [9.17, 15) is 9.90 Å². The van der Waals surface area contributed by atoms with Gasteiger partial charge in [0.25, 0.3) is 0 Å². The first-order valence-electron chi connectivity index (χ1n) is 6.28. The molecule has 96 valence electrons. The lowest BCUT2D eigenvalue weighted by Crippen LogP contribution is -2.29. The van der Waals surface area contributed by atoms with Crippen LogP contribution in [0.5, 0.6) is 5.75 Å². The monoisotopic (exact) mass is 248 g/mol. The number of hydrogen-bond donors (Lipinski definition) is 2. The molecule has 2 aromatic rings. The van der Waals surface area contributed by atoms with E-state index < -0.39 is 0 Å². The lowest BCUT2D eigenvalue weighted by atomic mass is 10.1. The molecule has 2 heterocycles. The number of benzene rings is 1. The van der Waals surface area contributed by atoms with Gasteiger partial charge >= 0.3 is 5.69 Å². The molecule has 0 bridgehead atoms. The van der Waals surface area contributed by atoms with Crippen LogP contribution >= 0.6 is 0 Å². The van der Waals surface area contributed by atoms with Gasteiger partial charge in [0.1, 0.15) is 11.3 Å². The highest BCUT2D eigenvalue weighted by atomic mass is 16.5. The van der Waals surface area contributed by atoms with Crippen LogP contribution in [0.2, 0.25) is 0 Å². The third-order valence-corrected chi connectivity index (χ3v) is 3.45. The van der Waals surface area contributed by atoms with Gasteiger partial charge in [0, 0.05) is 6.61 Å². The number of aromatic hydroxyl groups is 1. The Labute approximate surface area is 104 Å². The highest BCUT2D eigenvalue weighted by molar-refractivity contribution is 5.81. The number of aromatic amines is 1. The van der Waals surface area contributed by atoms with Crippen molar-refractivity contribution in [3.05, 3.63) is 28.7 Å². The van der Waals surface area contributed by atoms with Gasteiger partial charge in [-0.05, 0) is 31.4 Å². The smallest absolute Gasteiger partial charge is 0.326 e. The summed E-state index contributed by atoms with van der Waals surface area (Å²) < 4.78 is 7.29. The zero-order chi connectivity index (χ0) is 12.5. The number of H-pyrrole nitrogens is 1. The van der Waals surface area contributed by atoms with Gasteiger partial charge in [-0.15, -0.1) is 0 Å². The summed E-state index contributed by atoms with van der Waals surface area (Å²) in [4.78, 5) is 14.6. The van der Waals surface area contributed by atoms with Crippen molar-refractivity contribution in [1.82, 2.24) is 9.55 Å². The summed E-state index contributed by atoms with van der Waals surface area (Å²) in [7, 11) is 0. The molecule has 1 saturated heterocycles. The number of imidazole rings is 1. The third kappa shape index (κ3) is 1.90. The Kier molecular flexibility index (Phi) is 2.83. The van der Waals surface area contributed by atoms with Crippen molar-refractivity contribution >= 4 is 11.0 Å². The van der Waals surface area contributed by atoms with E-state index in [0.29, 0.717) is 12.1 Å². The van der Waals surface area contributed by atoms with Crippen LogP contribution in [0, 0.1) is 0 Å². The SMILES string of the molecule is O=c1[nH]c2c(O)cccc2n1CC1CCCCO1. The fraction of sp³-hybridized carbons (Fsp3) is 0.462. The predicted molar refractivity (Wildman–Crippen MR) is 67.8 cm³/mol. The first-order chi connectivity index (χ1) is 8.75. The fourth-order valence-corrected chi connectivity index (χ4v) is 2.50. The number of nitrogens with one attached hydrogen (secondary N) is 1. The Bertz CT molecular complexity index is 608. The van der Waals surface area contributed by atoms with Gasteiger partial charge in [-0.3, -0.25) is 4.57 Å². The van der Waals surface area contributed by atoms with E-state index in [4.69, 9.17) is 4.74 Å². The molecule has 1 aliphatic heterocycles. The molecule has 1 aliphatic rings. The molecule has 0 spiro atoms. The van der Waals surface area contributed by atoms with Gasteiger partial charge in [0.2, 0.25) is 0 Å². The first-order valence-corrected chi connectivity index (χ1v) is 6.28. The van der Waals surface area contributed by atoms with E-state index in [-0.39, 0.29) is 17.5 Å². The second-order valence-electron chi connectivity index (χ2n) is 4.70. The summed E-state index contributed by atoms with van der Waals surface area (Å²) in [5, 5.41) is 9.70. The Hall–Kier alpha value is -1.75. The lowest BCUT2D eigenvalue weighted by Gasteiger charge is -2.22. The molecule has 2 N–H and O–H groups in total. The number of hydrogen-bond acceptors (Lipinski definition) is 3. The van der Waals surface area contributed by atoms with Crippen LogP contribution in [0.1, 0.15) is 19.3 Å². The molecule has 18 heavy (non-hydrogen) atoms. The van der Waals surface area contributed by atoms with Gasteiger partial charge in [0.05, 0.1) is 18.2 Å². The van der Waals surface area contributed by atoms with Crippen molar-refractivity contribution in [1.29, 1.82) is 0 Å². The van der Waals surface area contributed by atoms with E-state index in [0.717, 1.165) is 31.4 Å². The Morgan fingerprint density at radius 1 is 1.44 bits per heavy atom. The van der Waals surface area contributed by atoms with E-state index in [1.807, 2.05) is 6.07 Å². The fourth-order valence-electron chi connectivity index (χ4n) is 2.50. The van der Waals surface area contributed by atoms with Crippen LogP contribution in [0.3, 0.4) is 0 Å². The maximum absolute atomic E-state index is 11.9. The molecule has 1 unspecified atom stereocenters. The van der Waals surface area contributed by atoms with Gasteiger partial charge in [0.15, 0.2) is 0 Å². The molecule has 5 nitrogen and oxygen atoms in total. The zero-order valence-electron chi connectivity index (χ0n) is 10.1. The standard InChI is InChI=1S/C13H16N2O3/c16-11-6-3-5-10-12(11)14-13(17)15(10)8-9-4-1-2-7-18-9/h3,5-6,9,16H,1-2,4,7-8H2,(H,14,17). The Balaban J connectivity index is 1.98. The molecule has 0 radical (unpaired) electrons. The second-order valence-corrected chi connectivity index (χ2v) is 4.70. The van der Waals surface area contributed by atoms with Gasteiger partial charge in [-0.1, -0.05) is 6.07 Å². The minimum atomic E-state index is -0.194. The summed E-state index contributed by atoms with van der Waals surface area (Å²) in [6, 6.07) is 5.14. The third-order valence-electron chi connectivity index (χ3n) is 3.45. The van der Waals surface area contributed by atoms with Crippen molar-refractivity contribution in [3.8, 4) is 5.75 Å². The predicted octanol–water partition coefficient (Wildman–Crippen LogP) is 1.60. The van der Waals surface area contributed by atoms with Crippen LogP contribution in [0.15, 0.2) is 23.0 Å². The zero-order valence-corrected chi connectivity index (χ0v) is 10.1. The normalized spacial score (nSPS) is 20.3. The van der Waals surface area contributed by atoms with Crippen LogP contribution in [0.25, 0.3) is 11.0 Å². The maximum Gasteiger partial charge on any atom is 0.326 e. The van der Waals surface area contributed by atoms with Crippen LogP contribution < -0.4 is 5.69 Å². The summed E-state index contributed by atoms with van der Waals surface area (Å²) in [5.74, 6) is 0.105. The first kappa shape index (κ1) is 11.3. The summed E-state index contributed by atoms with van der Waals surface area (Å²) in [6.07, 6.45) is 3.32. The second kappa shape index (κ2) is 4.49. The van der Waals surface area contributed by atoms with E-state index in [1.54, 1.807) is 16.7 Å². The number of phenols is 1. The van der Waals surface area contributed by atoms with Crippen molar-refractivity contribution < 1.29 is 9.84 Å². The quantitative estimate of drug-likeness (QED) is 0.848. The number of aromatic nitrogens is 2. The summed E-state index contributed by atoms with van der Waals surface area (Å²) >= 11 is 0. The number of fused-ring (bicyclic) bond motifs is 1. The van der Waals surface area contributed by atoms with Crippen molar-refractivity contribution in [2.45, 2.75) is 31.9 Å². The topological polar surface area (TPSA) is 67.2 Å². The molecule has 0 amide bonds. The number of nitrogens with zero attached hydrogens (tertiary/aromatic N) is 1. The maximum atomic E-state index is 11.9. The van der Waals surface area contributed by atoms with Gasteiger partial charge in [-0.2, -0.15) is 0 Å². The number of phenolic OH excluding ortho intramolecular Hbond substituents is 1. The van der Waals surface area contributed by atoms with Crippen molar-refractivity contribution in [2.75, 3.05) is 6.61 Å². The highest BCUT2D eigenvalue weighted by Gasteiger charge is 2.17. The van der Waals surface area contributed by atoms with Crippen molar-refractivity contribution in [2.24, 2.45) is 0 Å². The number of ether oxygens (including phenoxy) is 1. The van der Waals surface area contributed by atoms with Crippen LogP contribution in [-0.4, -0.2) is 27.4 Å². The summed E-state index contributed by atoms with van der Waals surface area (Å²) in [6.45, 7) is 1.31. The molecule has 5 heteroatoms. The largest absolute Gasteiger partial charge is 0.506 e. The van der Waals surface area contributed by atoms with Crippen molar-refractivity contribution in [3.63, 3.8) is 0 Å². The molecule has 1 fully saturated rings. The Morgan fingerprint density at radius 3 is 3.11 bits per heavy atom. The van der Waals surface area contributed by atoms with Crippen LogP contribution in [0.4, 0.5) is 0 Å². The minimum Gasteiger partial charge on any atom is -0.506 e. The molecule has 1 aromatic heterocycles. The molecular weight excluding hydrogens is 232 g/mol.